The van der Waals surface area contributed by atoms with E-state index in [1.54, 1.807) is 0 Å². The number of hydrogen-bond donors (Lipinski definition) is 0. The molecule has 0 aromatic rings. The van der Waals surface area contributed by atoms with Gasteiger partial charge in [-0.2, -0.15) is 0 Å². The monoisotopic (exact) mass is 905 g/mol. The van der Waals surface area contributed by atoms with E-state index in [9.17, 15) is 14.4 Å². The van der Waals surface area contributed by atoms with Crippen molar-refractivity contribution in [3.05, 3.63) is 85.1 Å². The zero-order valence-electron chi connectivity index (χ0n) is 42.5. The fourth-order valence-corrected chi connectivity index (χ4v) is 7.28. The van der Waals surface area contributed by atoms with Crippen LogP contribution in [0, 0.1) is 0 Å². The number of ether oxygens (including phenoxy) is 3. The van der Waals surface area contributed by atoms with Crippen molar-refractivity contribution < 1.29 is 28.6 Å². The Labute approximate surface area is 401 Å². The quantitative estimate of drug-likeness (QED) is 0.0262. The number of carbonyl (C=O) groups excluding carboxylic acids is 3. The van der Waals surface area contributed by atoms with Gasteiger partial charge in [-0.3, -0.25) is 14.4 Å². The molecular weight excluding hydrogens is 805 g/mol. The van der Waals surface area contributed by atoms with E-state index in [2.05, 4.69) is 106 Å². The highest BCUT2D eigenvalue weighted by atomic mass is 16.6. The van der Waals surface area contributed by atoms with E-state index >= 15 is 0 Å². The molecule has 0 fully saturated rings. The topological polar surface area (TPSA) is 78.9 Å². The lowest BCUT2D eigenvalue weighted by Crippen LogP contribution is -2.30. The summed E-state index contributed by atoms with van der Waals surface area (Å²) in [7, 11) is 0. The predicted octanol–water partition coefficient (Wildman–Crippen LogP) is 18.0. The summed E-state index contributed by atoms with van der Waals surface area (Å²) in [6.45, 7) is 6.43. The van der Waals surface area contributed by atoms with Crippen molar-refractivity contribution in [2.24, 2.45) is 0 Å². The lowest BCUT2D eigenvalue weighted by atomic mass is 10.1. The molecule has 0 aliphatic carbocycles. The highest BCUT2D eigenvalue weighted by Crippen LogP contribution is 2.14. The summed E-state index contributed by atoms with van der Waals surface area (Å²) in [6.07, 6.45) is 68.6. The standard InChI is InChI=1S/C59H100O6/c1-4-7-10-13-16-19-22-24-26-28-29-31-32-34-37-40-43-46-49-52-58(61)64-55-56(54-63-57(60)51-48-45-42-39-36-21-18-15-12-9-6-3)65-59(62)53-50-47-44-41-38-35-33-30-27-25-23-20-17-14-11-8-5-2/h8,11,15,17-18,20,25,27-29,33,35,41,44,56H,4-7,9-10,12-14,16,19,21-24,26,30-32,34,36-40,42-43,45-55H2,1-3H3/b11-8-,18-15-,20-17-,27-25-,29-28-,35-33-,44-41-/t56-/m1/s1. The van der Waals surface area contributed by atoms with Crippen LogP contribution in [0.2, 0.25) is 0 Å². The number of allylic oxidation sites excluding steroid dienone is 14. The predicted molar refractivity (Wildman–Crippen MR) is 279 cm³/mol. The zero-order chi connectivity index (χ0) is 47.2. The molecule has 372 valence electrons. The van der Waals surface area contributed by atoms with Gasteiger partial charge in [-0.1, -0.05) is 215 Å². The summed E-state index contributed by atoms with van der Waals surface area (Å²) >= 11 is 0. The Kier molecular flexibility index (Phi) is 50.4. The molecule has 6 heteroatoms. The largest absolute Gasteiger partial charge is 0.462 e. The van der Waals surface area contributed by atoms with Gasteiger partial charge in [0.05, 0.1) is 0 Å². The molecule has 0 radical (unpaired) electrons. The maximum Gasteiger partial charge on any atom is 0.306 e. The summed E-state index contributed by atoms with van der Waals surface area (Å²) in [5.41, 5.74) is 0. The first-order valence-electron chi connectivity index (χ1n) is 27.1. The molecule has 0 aromatic carbocycles. The van der Waals surface area contributed by atoms with Crippen LogP contribution in [0.3, 0.4) is 0 Å². The molecule has 1 atom stereocenters. The van der Waals surface area contributed by atoms with Gasteiger partial charge in [0.25, 0.3) is 0 Å². The number of hydrogen-bond acceptors (Lipinski definition) is 6. The molecule has 6 nitrogen and oxygen atoms in total. The Morgan fingerprint density at radius 3 is 1.05 bits per heavy atom. The van der Waals surface area contributed by atoms with Crippen LogP contribution in [0.5, 0.6) is 0 Å². The van der Waals surface area contributed by atoms with Crippen LogP contribution < -0.4 is 0 Å². The Hall–Kier alpha value is -3.41. The summed E-state index contributed by atoms with van der Waals surface area (Å²) in [5.74, 6) is -0.976. The number of unbranched alkanes of at least 4 members (excludes halogenated alkanes) is 23. The fraction of sp³-hybridized carbons (Fsp3) is 0.712. The van der Waals surface area contributed by atoms with E-state index in [0.717, 1.165) is 89.9 Å². The normalized spacial score (nSPS) is 12.7. The molecule has 0 amide bonds. The van der Waals surface area contributed by atoms with Gasteiger partial charge < -0.3 is 14.2 Å². The highest BCUT2D eigenvalue weighted by molar-refractivity contribution is 5.71. The smallest absolute Gasteiger partial charge is 0.306 e. The summed E-state index contributed by atoms with van der Waals surface area (Å²) < 4.78 is 16.7. The molecule has 0 saturated heterocycles. The van der Waals surface area contributed by atoms with Crippen molar-refractivity contribution in [3.63, 3.8) is 0 Å². The number of esters is 3. The zero-order valence-corrected chi connectivity index (χ0v) is 42.5. The highest BCUT2D eigenvalue weighted by Gasteiger charge is 2.19. The van der Waals surface area contributed by atoms with Gasteiger partial charge in [0, 0.05) is 19.3 Å². The summed E-state index contributed by atoms with van der Waals surface area (Å²) in [5, 5.41) is 0. The van der Waals surface area contributed by atoms with Crippen molar-refractivity contribution in [3.8, 4) is 0 Å². The molecule has 0 N–H and O–H groups in total. The van der Waals surface area contributed by atoms with Crippen LogP contribution in [0.1, 0.15) is 252 Å². The number of rotatable bonds is 48. The maximum atomic E-state index is 12.8. The van der Waals surface area contributed by atoms with Gasteiger partial charge in [0.1, 0.15) is 13.2 Å². The third kappa shape index (κ3) is 51.4. The Balaban J connectivity index is 4.44. The molecule has 0 aliphatic rings. The van der Waals surface area contributed by atoms with Crippen LogP contribution in [0.4, 0.5) is 0 Å². The molecule has 0 spiro atoms. The van der Waals surface area contributed by atoms with Crippen LogP contribution in [0.15, 0.2) is 85.1 Å². The minimum absolute atomic E-state index is 0.104. The van der Waals surface area contributed by atoms with Gasteiger partial charge >= 0.3 is 17.9 Å². The van der Waals surface area contributed by atoms with Crippen molar-refractivity contribution in [1.82, 2.24) is 0 Å². The van der Waals surface area contributed by atoms with E-state index < -0.39 is 6.10 Å². The van der Waals surface area contributed by atoms with Gasteiger partial charge in [-0.25, -0.2) is 0 Å². The van der Waals surface area contributed by atoms with Crippen LogP contribution in [-0.4, -0.2) is 37.2 Å². The minimum atomic E-state index is -0.811. The SMILES string of the molecule is CC/C=C\C/C=C\C/C=C\C/C=C\C/C=C\CCCC(=O)O[C@H](COC(=O)CCCCCCC/C=C\CCCC)COC(=O)CCCCCCCCC/C=C\CCCCCCCCCC. The molecule has 0 bridgehead atoms. The van der Waals surface area contributed by atoms with Crippen LogP contribution in [-0.2, 0) is 28.6 Å². The Bertz CT molecular complexity index is 1270. The summed E-state index contributed by atoms with van der Waals surface area (Å²) in [6, 6.07) is 0. The Morgan fingerprint density at radius 1 is 0.323 bits per heavy atom. The van der Waals surface area contributed by atoms with E-state index in [0.29, 0.717) is 19.3 Å². The van der Waals surface area contributed by atoms with Crippen LogP contribution >= 0.6 is 0 Å². The first kappa shape index (κ1) is 61.6. The van der Waals surface area contributed by atoms with E-state index in [1.807, 2.05) is 0 Å². The van der Waals surface area contributed by atoms with Crippen molar-refractivity contribution in [2.75, 3.05) is 13.2 Å². The molecule has 0 rings (SSSR count). The van der Waals surface area contributed by atoms with Gasteiger partial charge in [0.15, 0.2) is 6.10 Å². The molecule has 65 heavy (non-hydrogen) atoms. The van der Waals surface area contributed by atoms with E-state index in [-0.39, 0.29) is 37.5 Å². The molecular formula is C59H100O6. The van der Waals surface area contributed by atoms with Gasteiger partial charge in [0.2, 0.25) is 0 Å². The first-order chi connectivity index (χ1) is 32.0. The third-order valence-corrected chi connectivity index (χ3v) is 11.4. The summed E-state index contributed by atoms with van der Waals surface area (Å²) in [4.78, 5) is 38.0. The van der Waals surface area contributed by atoms with Crippen molar-refractivity contribution >= 4 is 17.9 Å². The third-order valence-electron chi connectivity index (χ3n) is 11.4. The van der Waals surface area contributed by atoms with Crippen molar-refractivity contribution in [2.45, 2.75) is 258 Å². The van der Waals surface area contributed by atoms with E-state index in [4.69, 9.17) is 14.2 Å². The fourth-order valence-electron chi connectivity index (χ4n) is 7.28. The lowest BCUT2D eigenvalue weighted by molar-refractivity contribution is -0.167. The van der Waals surface area contributed by atoms with Crippen molar-refractivity contribution in [1.29, 1.82) is 0 Å². The van der Waals surface area contributed by atoms with Gasteiger partial charge in [-0.15, -0.1) is 0 Å². The second kappa shape index (κ2) is 53.2. The second-order valence-corrected chi connectivity index (χ2v) is 17.7. The molecule has 0 aromatic heterocycles. The molecule has 0 aliphatic heterocycles. The molecule has 0 saturated carbocycles. The maximum absolute atomic E-state index is 12.8. The van der Waals surface area contributed by atoms with E-state index in [1.165, 1.54) is 116 Å². The average molecular weight is 905 g/mol. The van der Waals surface area contributed by atoms with Gasteiger partial charge in [-0.05, 0) is 103 Å². The Morgan fingerprint density at radius 2 is 0.631 bits per heavy atom. The first-order valence-corrected chi connectivity index (χ1v) is 27.1. The van der Waals surface area contributed by atoms with Crippen LogP contribution in [0.25, 0.3) is 0 Å². The average Bonchev–Trinajstić information content (AvgIpc) is 3.30. The minimum Gasteiger partial charge on any atom is -0.462 e. The lowest BCUT2D eigenvalue weighted by Gasteiger charge is -2.18. The number of carbonyl (C=O) groups is 3. The second-order valence-electron chi connectivity index (χ2n) is 17.7. The molecule has 0 heterocycles. The molecule has 0 unspecified atom stereocenters.